The van der Waals surface area contributed by atoms with E-state index in [9.17, 15) is 9.59 Å². The molecule has 130 valence electrons. The molecular weight excluding hydrogens is 312 g/mol. The molecule has 0 atom stereocenters. The van der Waals surface area contributed by atoms with Crippen molar-refractivity contribution in [1.29, 1.82) is 0 Å². The number of carbonyl (C=O) groups is 1. The van der Waals surface area contributed by atoms with Crippen LogP contribution in [0.2, 0.25) is 0 Å². The zero-order valence-corrected chi connectivity index (χ0v) is 14.8. The normalized spacial score (nSPS) is 21.6. The maximum absolute atomic E-state index is 13.2. The molecule has 0 radical (unpaired) electrons. The monoisotopic (exact) mass is 336 g/mol. The highest BCUT2D eigenvalue weighted by Gasteiger charge is 2.42. The van der Waals surface area contributed by atoms with Gasteiger partial charge in [-0.3, -0.25) is 14.2 Å². The van der Waals surface area contributed by atoms with Gasteiger partial charge in [0, 0.05) is 17.5 Å². The van der Waals surface area contributed by atoms with Crippen LogP contribution in [0.5, 0.6) is 0 Å². The topological polar surface area (TPSA) is 52.0 Å². The Kier molecular flexibility index (Phi) is 3.22. The van der Waals surface area contributed by atoms with Crippen LogP contribution < -0.4 is 5.56 Å². The highest BCUT2D eigenvalue weighted by atomic mass is 16.1. The number of aromatic nitrogens is 2. The van der Waals surface area contributed by atoms with E-state index in [1.807, 2.05) is 16.7 Å². The Hall–Kier alpha value is -1.97. The lowest BCUT2D eigenvalue weighted by Crippen LogP contribution is -2.31. The lowest BCUT2D eigenvalue weighted by Gasteiger charge is -2.32. The summed E-state index contributed by atoms with van der Waals surface area (Å²) in [5.74, 6) is 1.48. The van der Waals surface area contributed by atoms with Gasteiger partial charge in [-0.2, -0.15) is 0 Å². The van der Waals surface area contributed by atoms with Crippen molar-refractivity contribution in [3.63, 3.8) is 0 Å². The maximum atomic E-state index is 13.2. The third kappa shape index (κ3) is 2.22. The average molecular weight is 336 g/mol. The van der Waals surface area contributed by atoms with Gasteiger partial charge >= 0.3 is 0 Å². The fraction of sp³-hybridized carbons (Fsp3) is 0.571. The van der Waals surface area contributed by atoms with Crippen LogP contribution in [0, 0.1) is 0 Å². The van der Waals surface area contributed by atoms with Gasteiger partial charge in [-0.05, 0) is 62.6 Å². The molecule has 2 fully saturated rings. The van der Waals surface area contributed by atoms with E-state index in [1.165, 1.54) is 19.3 Å². The van der Waals surface area contributed by atoms with E-state index in [2.05, 4.69) is 0 Å². The summed E-state index contributed by atoms with van der Waals surface area (Å²) in [6, 6.07) is 4.00. The van der Waals surface area contributed by atoms with Crippen molar-refractivity contribution in [1.82, 2.24) is 9.55 Å². The SMILES string of the molecule is CC(=O)c1cc(C2CC2)cc2c(=O)n3c(nc12)C1(CCCCC1)CC3. The van der Waals surface area contributed by atoms with E-state index < -0.39 is 0 Å². The minimum Gasteiger partial charge on any atom is -0.296 e. The first-order valence-corrected chi connectivity index (χ1v) is 9.69. The Bertz CT molecular complexity index is 947. The molecule has 2 aromatic rings. The van der Waals surface area contributed by atoms with Crippen LogP contribution in [0.15, 0.2) is 16.9 Å². The van der Waals surface area contributed by atoms with Crippen LogP contribution >= 0.6 is 0 Å². The number of hydrogen-bond donors (Lipinski definition) is 0. The Balaban J connectivity index is 1.79. The van der Waals surface area contributed by atoms with Gasteiger partial charge in [0.25, 0.3) is 5.56 Å². The Morgan fingerprint density at radius 3 is 2.60 bits per heavy atom. The summed E-state index contributed by atoms with van der Waals surface area (Å²) in [5, 5.41) is 0.645. The molecule has 2 saturated carbocycles. The minimum atomic E-state index is 0.0139. The van der Waals surface area contributed by atoms with Crippen molar-refractivity contribution in [3.05, 3.63) is 39.4 Å². The van der Waals surface area contributed by atoms with Crippen LogP contribution in [0.3, 0.4) is 0 Å². The number of ketones is 1. The van der Waals surface area contributed by atoms with Crippen LogP contribution in [0.25, 0.3) is 10.9 Å². The van der Waals surface area contributed by atoms with Crippen LogP contribution in [-0.2, 0) is 12.0 Å². The molecule has 0 N–H and O–H groups in total. The quantitative estimate of drug-likeness (QED) is 0.776. The summed E-state index contributed by atoms with van der Waals surface area (Å²) in [4.78, 5) is 30.5. The number of benzene rings is 1. The average Bonchev–Trinajstić information content (AvgIpc) is 3.41. The second kappa shape index (κ2) is 5.26. The predicted molar refractivity (Wildman–Crippen MR) is 97.4 cm³/mol. The van der Waals surface area contributed by atoms with Gasteiger partial charge in [-0.1, -0.05) is 19.3 Å². The molecule has 1 aliphatic heterocycles. The van der Waals surface area contributed by atoms with Gasteiger partial charge < -0.3 is 0 Å². The second-order valence-electron chi connectivity index (χ2n) is 8.28. The lowest BCUT2D eigenvalue weighted by atomic mass is 9.72. The predicted octanol–water partition coefficient (Wildman–Crippen LogP) is 4.08. The van der Waals surface area contributed by atoms with E-state index in [0.717, 1.165) is 50.0 Å². The molecule has 2 aliphatic carbocycles. The van der Waals surface area contributed by atoms with Gasteiger partial charge in [0.2, 0.25) is 0 Å². The van der Waals surface area contributed by atoms with Gasteiger partial charge in [0.1, 0.15) is 5.82 Å². The van der Waals surface area contributed by atoms with E-state index >= 15 is 0 Å². The Morgan fingerprint density at radius 1 is 1.16 bits per heavy atom. The standard InChI is InChI=1S/C21H24N2O2/c1-13(24)16-11-15(14-5-6-14)12-17-18(16)22-20-21(7-3-2-4-8-21)9-10-23(20)19(17)25/h11-12,14H,2-10H2,1H3. The molecule has 3 aliphatic rings. The lowest BCUT2D eigenvalue weighted by molar-refractivity contribution is 0.101. The molecule has 0 bridgehead atoms. The molecule has 25 heavy (non-hydrogen) atoms. The van der Waals surface area contributed by atoms with Gasteiger partial charge in [0.05, 0.1) is 10.9 Å². The number of Topliss-reactive ketones (excluding diaryl/α,β-unsaturated/α-hetero) is 1. The van der Waals surface area contributed by atoms with Crippen molar-refractivity contribution in [2.75, 3.05) is 0 Å². The highest BCUT2D eigenvalue weighted by molar-refractivity contribution is 6.05. The van der Waals surface area contributed by atoms with Crippen molar-refractivity contribution < 1.29 is 4.79 Å². The van der Waals surface area contributed by atoms with Crippen molar-refractivity contribution >= 4 is 16.7 Å². The molecule has 4 nitrogen and oxygen atoms in total. The largest absolute Gasteiger partial charge is 0.296 e. The summed E-state index contributed by atoms with van der Waals surface area (Å²) in [5.41, 5.74) is 2.54. The summed E-state index contributed by atoms with van der Waals surface area (Å²) in [7, 11) is 0. The van der Waals surface area contributed by atoms with E-state index in [-0.39, 0.29) is 16.8 Å². The molecule has 0 amide bonds. The number of nitrogens with zero attached hydrogens (tertiary/aromatic N) is 2. The van der Waals surface area contributed by atoms with Gasteiger partial charge in [-0.15, -0.1) is 0 Å². The van der Waals surface area contributed by atoms with Crippen LogP contribution in [0.1, 0.15) is 86.0 Å². The Morgan fingerprint density at radius 2 is 1.92 bits per heavy atom. The fourth-order valence-corrected chi connectivity index (χ4v) is 5.02. The zero-order valence-electron chi connectivity index (χ0n) is 14.8. The second-order valence-corrected chi connectivity index (χ2v) is 8.28. The first-order chi connectivity index (χ1) is 12.1. The van der Waals surface area contributed by atoms with Gasteiger partial charge in [-0.25, -0.2) is 4.98 Å². The summed E-state index contributed by atoms with van der Waals surface area (Å²) in [6.07, 6.45) is 9.31. The van der Waals surface area contributed by atoms with E-state index in [1.54, 1.807) is 6.92 Å². The van der Waals surface area contributed by atoms with Crippen molar-refractivity contribution in [2.45, 2.75) is 76.2 Å². The van der Waals surface area contributed by atoms with E-state index in [0.29, 0.717) is 22.4 Å². The summed E-state index contributed by atoms with van der Waals surface area (Å²) >= 11 is 0. The van der Waals surface area contributed by atoms with Crippen molar-refractivity contribution in [2.24, 2.45) is 0 Å². The summed E-state index contributed by atoms with van der Waals surface area (Å²) in [6.45, 7) is 2.37. The number of carbonyl (C=O) groups excluding carboxylic acids is 1. The molecule has 4 heteroatoms. The molecule has 5 rings (SSSR count). The molecule has 2 heterocycles. The number of rotatable bonds is 2. The van der Waals surface area contributed by atoms with Crippen molar-refractivity contribution in [3.8, 4) is 0 Å². The molecule has 1 aromatic carbocycles. The minimum absolute atomic E-state index is 0.0139. The molecule has 0 saturated heterocycles. The fourth-order valence-electron chi connectivity index (χ4n) is 5.02. The maximum Gasteiger partial charge on any atom is 0.261 e. The third-order valence-corrected chi connectivity index (χ3v) is 6.61. The van der Waals surface area contributed by atoms with E-state index in [4.69, 9.17) is 4.98 Å². The smallest absolute Gasteiger partial charge is 0.261 e. The highest BCUT2D eigenvalue weighted by Crippen LogP contribution is 2.46. The van der Waals surface area contributed by atoms with Crippen LogP contribution in [0.4, 0.5) is 0 Å². The molecule has 0 unspecified atom stereocenters. The Labute approximate surface area is 147 Å². The number of fused-ring (bicyclic) bond motifs is 3. The molecule has 1 spiro atoms. The third-order valence-electron chi connectivity index (χ3n) is 6.61. The first-order valence-electron chi connectivity index (χ1n) is 9.69. The summed E-state index contributed by atoms with van der Waals surface area (Å²) < 4.78 is 1.91. The van der Waals surface area contributed by atoms with Crippen LogP contribution in [-0.4, -0.2) is 15.3 Å². The van der Waals surface area contributed by atoms with Gasteiger partial charge in [0.15, 0.2) is 5.78 Å². The zero-order chi connectivity index (χ0) is 17.2. The molecule has 1 aromatic heterocycles. The number of hydrogen-bond acceptors (Lipinski definition) is 3. The first kappa shape index (κ1) is 15.3. The molecular formula is C21H24N2O2.